The van der Waals surface area contributed by atoms with Crippen molar-refractivity contribution in [1.82, 2.24) is 0 Å². The summed E-state index contributed by atoms with van der Waals surface area (Å²) in [6.45, 7) is 2.90. The Labute approximate surface area is 92.2 Å². The van der Waals surface area contributed by atoms with Gasteiger partial charge >= 0.3 is 0 Å². The molecule has 0 bridgehead atoms. The highest BCUT2D eigenvalue weighted by Gasteiger charge is 2.13. The van der Waals surface area contributed by atoms with Crippen LogP contribution in [0.15, 0.2) is 35.2 Å². The van der Waals surface area contributed by atoms with Gasteiger partial charge in [0.2, 0.25) is 0 Å². The van der Waals surface area contributed by atoms with Crippen LogP contribution in [0.1, 0.15) is 13.8 Å². The number of carbonyl (C=O) groups excluding carboxylic acids is 2. The van der Waals surface area contributed by atoms with Gasteiger partial charge in [0.1, 0.15) is 0 Å². The smallest absolute Gasteiger partial charge is 0.169 e. The summed E-state index contributed by atoms with van der Waals surface area (Å²) in [5.74, 6) is -0.255. The summed E-state index contributed by atoms with van der Waals surface area (Å²) < 4.78 is 0. The third-order valence-corrected chi connectivity index (χ3v) is 4.21. The van der Waals surface area contributed by atoms with Crippen molar-refractivity contribution in [2.24, 2.45) is 0 Å². The molecule has 0 N–H and O–H groups in total. The Kier molecular flexibility index (Phi) is 3.97. The fraction of sp³-hybridized carbons (Fsp3) is 0.250. The number of hydrogen-bond acceptors (Lipinski definition) is 2. The molecule has 0 heterocycles. The van der Waals surface area contributed by atoms with Crippen molar-refractivity contribution >= 4 is 26.9 Å². The van der Waals surface area contributed by atoms with Gasteiger partial charge in [0.25, 0.3) is 0 Å². The zero-order chi connectivity index (χ0) is 11.4. The summed E-state index contributed by atoms with van der Waals surface area (Å²) >= 11 is 0. The van der Waals surface area contributed by atoms with Crippen molar-refractivity contribution in [2.75, 3.05) is 6.26 Å². The van der Waals surface area contributed by atoms with Crippen LogP contribution in [0.4, 0.5) is 0 Å². The molecule has 0 fully saturated rings. The second kappa shape index (κ2) is 5.03. The average Bonchev–Trinajstić information content (AvgIpc) is 2.18. The molecule has 1 aromatic carbocycles. The topological polar surface area (TPSA) is 34.1 Å². The molecule has 0 radical (unpaired) electrons. The van der Waals surface area contributed by atoms with E-state index < -0.39 is 10.5 Å². The molecule has 0 aliphatic carbocycles. The Balaban J connectivity index is 3.29. The SMILES string of the molecule is CC(=O)C(C(C)=O)=S(C)c1ccccc1. The maximum absolute atomic E-state index is 11.3. The molecule has 1 aromatic rings. The van der Waals surface area contributed by atoms with Crippen molar-refractivity contribution in [3.8, 4) is 0 Å². The van der Waals surface area contributed by atoms with E-state index in [0.717, 1.165) is 4.90 Å². The minimum absolute atomic E-state index is 0.128. The maximum Gasteiger partial charge on any atom is 0.169 e. The molecule has 3 heteroatoms. The van der Waals surface area contributed by atoms with Crippen LogP contribution in [0.25, 0.3) is 0 Å². The highest BCUT2D eigenvalue weighted by atomic mass is 32.2. The minimum atomic E-state index is -0.414. The molecule has 0 spiro atoms. The van der Waals surface area contributed by atoms with Crippen LogP contribution < -0.4 is 0 Å². The minimum Gasteiger partial charge on any atom is -0.294 e. The number of Topliss-reactive ketones (excluding diaryl/α,β-unsaturated/α-hetero) is 2. The molecule has 0 aliphatic rings. The van der Waals surface area contributed by atoms with Crippen LogP contribution in [0.5, 0.6) is 0 Å². The van der Waals surface area contributed by atoms with E-state index >= 15 is 0 Å². The molecule has 0 saturated heterocycles. The first-order valence-electron chi connectivity index (χ1n) is 4.64. The summed E-state index contributed by atoms with van der Waals surface area (Å²) in [5, 5.41) is 0. The zero-order valence-corrected chi connectivity index (χ0v) is 9.93. The molecule has 1 rings (SSSR count). The molecule has 80 valence electrons. The fourth-order valence-corrected chi connectivity index (χ4v) is 3.09. The molecule has 0 aliphatic heterocycles. The van der Waals surface area contributed by atoms with Crippen molar-refractivity contribution < 1.29 is 9.59 Å². The van der Waals surface area contributed by atoms with Crippen LogP contribution in [0.2, 0.25) is 0 Å². The molecule has 1 atom stereocenters. The summed E-state index contributed by atoms with van der Waals surface area (Å²) in [7, 11) is -0.414. The molecule has 0 saturated carbocycles. The largest absolute Gasteiger partial charge is 0.294 e. The Bertz CT molecular complexity index is 403. The molecule has 0 amide bonds. The maximum atomic E-state index is 11.3. The van der Waals surface area contributed by atoms with Gasteiger partial charge < -0.3 is 0 Å². The van der Waals surface area contributed by atoms with Crippen LogP contribution >= 0.6 is 10.5 Å². The molecule has 2 nitrogen and oxygen atoms in total. The summed E-state index contributed by atoms with van der Waals surface area (Å²) in [5.41, 5.74) is 0. The third kappa shape index (κ3) is 2.86. The summed E-state index contributed by atoms with van der Waals surface area (Å²) in [6.07, 6.45) is 1.91. The lowest BCUT2D eigenvalue weighted by Crippen LogP contribution is -2.19. The third-order valence-electron chi connectivity index (χ3n) is 2.04. The quantitative estimate of drug-likeness (QED) is 0.581. The molecule has 1 unspecified atom stereocenters. The average molecular weight is 222 g/mol. The number of carbonyl (C=O) groups is 2. The Hall–Kier alpha value is -1.22. The molecule has 0 aromatic heterocycles. The molecular formula is C12H14O2S. The van der Waals surface area contributed by atoms with Gasteiger partial charge in [0.05, 0.1) is 4.86 Å². The highest BCUT2D eigenvalue weighted by Crippen LogP contribution is 2.24. The van der Waals surface area contributed by atoms with E-state index in [-0.39, 0.29) is 11.6 Å². The Morgan fingerprint density at radius 1 is 1.00 bits per heavy atom. The van der Waals surface area contributed by atoms with E-state index in [9.17, 15) is 9.59 Å². The number of hydrogen-bond donors (Lipinski definition) is 0. The van der Waals surface area contributed by atoms with Crippen LogP contribution in [0, 0.1) is 0 Å². The predicted molar refractivity (Wildman–Crippen MR) is 64.6 cm³/mol. The first kappa shape index (κ1) is 11.9. The van der Waals surface area contributed by atoms with E-state index in [0.29, 0.717) is 4.86 Å². The fourth-order valence-electron chi connectivity index (χ4n) is 1.42. The van der Waals surface area contributed by atoms with E-state index in [1.165, 1.54) is 13.8 Å². The van der Waals surface area contributed by atoms with E-state index in [1.807, 2.05) is 36.6 Å². The van der Waals surface area contributed by atoms with E-state index in [4.69, 9.17) is 0 Å². The van der Waals surface area contributed by atoms with Gasteiger partial charge in [0, 0.05) is 4.90 Å². The van der Waals surface area contributed by atoms with Gasteiger partial charge in [-0.3, -0.25) is 9.59 Å². The van der Waals surface area contributed by atoms with Gasteiger partial charge in [0.15, 0.2) is 11.6 Å². The molecule has 15 heavy (non-hydrogen) atoms. The standard InChI is InChI=1S/C12H14O2S/c1-9(13)12(10(2)14)15(3)11-7-5-4-6-8-11/h4-8H,1-3H3. The van der Waals surface area contributed by atoms with Crippen LogP contribution in [-0.4, -0.2) is 22.7 Å². The van der Waals surface area contributed by atoms with Crippen molar-refractivity contribution in [1.29, 1.82) is 0 Å². The second-order valence-corrected chi connectivity index (χ2v) is 5.17. The van der Waals surface area contributed by atoms with Gasteiger partial charge in [-0.15, -0.1) is 10.5 Å². The Morgan fingerprint density at radius 2 is 1.47 bits per heavy atom. The Morgan fingerprint density at radius 3 is 1.87 bits per heavy atom. The lowest BCUT2D eigenvalue weighted by molar-refractivity contribution is -0.114. The lowest BCUT2D eigenvalue weighted by atomic mass is 10.2. The highest BCUT2D eigenvalue weighted by molar-refractivity contribution is 8.17. The van der Waals surface area contributed by atoms with Gasteiger partial charge in [-0.1, -0.05) is 18.2 Å². The van der Waals surface area contributed by atoms with Gasteiger partial charge in [-0.25, -0.2) is 0 Å². The van der Waals surface area contributed by atoms with E-state index in [2.05, 4.69) is 0 Å². The van der Waals surface area contributed by atoms with Crippen LogP contribution in [-0.2, 0) is 9.59 Å². The lowest BCUT2D eigenvalue weighted by Gasteiger charge is -2.07. The first-order valence-corrected chi connectivity index (χ1v) is 6.27. The second-order valence-electron chi connectivity index (χ2n) is 3.26. The number of rotatable bonds is 3. The van der Waals surface area contributed by atoms with Crippen molar-refractivity contribution in [2.45, 2.75) is 18.7 Å². The molecular weight excluding hydrogens is 208 g/mol. The monoisotopic (exact) mass is 222 g/mol. The number of benzene rings is 1. The summed E-state index contributed by atoms with van der Waals surface area (Å²) in [6, 6.07) is 9.62. The van der Waals surface area contributed by atoms with Crippen molar-refractivity contribution in [3.05, 3.63) is 30.3 Å². The number of ketones is 2. The summed E-state index contributed by atoms with van der Waals surface area (Å²) in [4.78, 5) is 24.1. The zero-order valence-electron chi connectivity index (χ0n) is 9.11. The normalized spacial score (nSPS) is 11.9. The van der Waals surface area contributed by atoms with Gasteiger partial charge in [-0.2, -0.15) is 0 Å². The van der Waals surface area contributed by atoms with Gasteiger partial charge in [-0.05, 0) is 32.2 Å². The van der Waals surface area contributed by atoms with E-state index in [1.54, 1.807) is 0 Å². The first-order chi connectivity index (χ1) is 7.04. The van der Waals surface area contributed by atoms with Crippen LogP contribution in [0.3, 0.4) is 0 Å². The van der Waals surface area contributed by atoms with Crippen molar-refractivity contribution in [3.63, 3.8) is 0 Å². The predicted octanol–water partition coefficient (Wildman–Crippen LogP) is 2.29.